The van der Waals surface area contributed by atoms with Crippen LogP contribution >= 0.6 is 11.3 Å². The van der Waals surface area contributed by atoms with Crippen LogP contribution in [0.1, 0.15) is 23.3 Å². The summed E-state index contributed by atoms with van der Waals surface area (Å²) in [5.74, 6) is 3.24. The third kappa shape index (κ3) is 5.05. The van der Waals surface area contributed by atoms with Crippen LogP contribution in [-0.4, -0.2) is 40.9 Å². The highest BCUT2D eigenvalue weighted by molar-refractivity contribution is 7.10. The molecule has 1 aromatic carbocycles. The fourth-order valence-electron chi connectivity index (χ4n) is 2.57. The molecule has 1 atom stereocenters. The number of methoxy groups -OCH3 is 3. The zero-order valence-electron chi connectivity index (χ0n) is 16.0. The minimum atomic E-state index is 0.415. The third-order valence-electron chi connectivity index (χ3n) is 4.08. The highest BCUT2D eigenvalue weighted by Crippen LogP contribution is 2.33. The van der Waals surface area contributed by atoms with Gasteiger partial charge in [0.2, 0.25) is 0 Å². The molecule has 0 aliphatic carbocycles. The predicted molar refractivity (Wildman–Crippen MR) is 107 cm³/mol. The van der Waals surface area contributed by atoms with Gasteiger partial charge in [-0.3, -0.25) is 4.99 Å². The van der Waals surface area contributed by atoms with E-state index < -0.39 is 0 Å². The molecule has 7 heteroatoms. The summed E-state index contributed by atoms with van der Waals surface area (Å²) in [6.45, 7) is 3.52. The van der Waals surface area contributed by atoms with Gasteiger partial charge in [0.05, 0.1) is 33.4 Å². The van der Waals surface area contributed by atoms with Crippen LogP contribution in [0, 0.1) is 0 Å². The molecule has 0 bridgehead atoms. The number of thiophene rings is 1. The largest absolute Gasteiger partial charge is 0.496 e. The number of benzene rings is 1. The number of nitrogens with one attached hydrogen (secondary N) is 2. The standard InChI is InChI=1S/C19H27N3O3S/c1-13(18-7-6-8-26-18)11-21-19(20-2)22-12-15-16(24-4)9-14(23-3)10-17(15)25-5/h6-10,13H,11-12H2,1-5H3,(H2,20,21,22). The first-order valence-corrected chi connectivity index (χ1v) is 9.27. The molecule has 0 radical (unpaired) electrons. The second-order valence-corrected chi connectivity index (χ2v) is 6.71. The summed E-state index contributed by atoms with van der Waals surface area (Å²) < 4.78 is 16.3. The number of aliphatic imine (C=N–C) groups is 1. The number of guanidine groups is 1. The quantitative estimate of drug-likeness (QED) is 0.546. The van der Waals surface area contributed by atoms with Crippen LogP contribution in [0.25, 0.3) is 0 Å². The molecule has 0 aliphatic heterocycles. The van der Waals surface area contributed by atoms with E-state index >= 15 is 0 Å². The van der Waals surface area contributed by atoms with E-state index in [-0.39, 0.29) is 0 Å². The van der Waals surface area contributed by atoms with Gasteiger partial charge in [0.25, 0.3) is 0 Å². The van der Waals surface area contributed by atoms with Crippen molar-refractivity contribution in [3.8, 4) is 17.2 Å². The molecule has 0 spiro atoms. The Kier molecular flexibility index (Phi) is 7.59. The summed E-state index contributed by atoms with van der Waals surface area (Å²) in [5.41, 5.74) is 0.907. The van der Waals surface area contributed by atoms with Crippen molar-refractivity contribution >= 4 is 17.3 Å². The minimum Gasteiger partial charge on any atom is -0.496 e. The summed E-state index contributed by atoms with van der Waals surface area (Å²) in [6.07, 6.45) is 0. The lowest BCUT2D eigenvalue weighted by atomic mass is 10.1. The molecule has 2 rings (SSSR count). The number of ether oxygens (including phenoxy) is 3. The van der Waals surface area contributed by atoms with Crippen molar-refractivity contribution in [1.82, 2.24) is 10.6 Å². The van der Waals surface area contributed by atoms with Gasteiger partial charge in [-0.15, -0.1) is 11.3 Å². The molecule has 26 heavy (non-hydrogen) atoms. The molecule has 2 N–H and O–H groups in total. The summed E-state index contributed by atoms with van der Waals surface area (Å²) in [5, 5.41) is 8.78. The van der Waals surface area contributed by atoms with Gasteiger partial charge in [0.1, 0.15) is 17.2 Å². The van der Waals surface area contributed by atoms with E-state index in [2.05, 4.69) is 40.1 Å². The fraction of sp³-hybridized carbons (Fsp3) is 0.421. The van der Waals surface area contributed by atoms with Gasteiger partial charge >= 0.3 is 0 Å². The summed E-state index contributed by atoms with van der Waals surface area (Å²) in [6, 6.07) is 7.91. The van der Waals surface area contributed by atoms with Crippen LogP contribution in [0.3, 0.4) is 0 Å². The van der Waals surface area contributed by atoms with Crippen LogP contribution in [0.4, 0.5) is 0 Å². The molecule has 0 amide bonds. The number of nitrogens with zero attached hydrogens (tertiary/aromatic N) is 1. The SMILES string of the molecule is CN=C(NCc1c(OC)cc(OC)cc1OC)NCC(C)c1cccs1. The second-order valence-electron chi connectivity index (χ2n) is 5.73. The maximum Gasteiger partial charge on any atom is 0.191 e. The number of hydrogen-bond donors (Lipinski definition) is 2. The first-order valence-electron chi connectivity index (χ1n) is 8.39. The molecule has 6 nitrogen and oxygen atoms in total. The van der Waals surface area contributed by atoms with Crippen molar-refractivity contribution in [3.63, 3.8) is 0 Å². The predicted octanol–water partition coefficient (Wildman–Crippen LogP) is 3.24. The average molecular weight is 378 g/mol. The Bertz CT molecular complexity index is 692. The fourth-order valence-corrected chi connectivity index (χ4v) is 3.35. The Morgan fingerprint density at radius 1 is 1.12 bits per heavy atom. The molecular weight excluding hydrogens is 350 g/mol. The van der Waals surface area contributed by atoms with Crippen LogP contribution in [0.15, 0.2) is 34.6 Å². The molecule has 1 heterocycles. The van der Waals surface area contributed by atoms with E-state index in [1.54, 1.807) is 39.7 Å². The van der Waals surface area contributed by atoms with E-state index in [0.29, 0.717) is 29.7 Å². The van der Waals surface area contributed by atoms with Gasteiger partial charge < -0.3 is 24.8 Å². The molecule has 1 aromatic heterocycles. The van der Waals surface area contributed by atoms with Gasteiger partial charge in [-0.2, -0.15) is 0 Å². The van der Waals surface area contributed by atoms with E-state index in [4.69, 9.17) is 14.2 Å². The van der Waals surface area contributed by atoms with Gasteiger partial charge in [-0.1, -0.05) is 13.0 Å². The van der Waals surface area contributed by atoms with Crippen molar-refractivity contribution in [2.24, 2.45) is 4.99 Å². The Labute approximate surface area is 159 Å². The zero-order chi connectivity index (χ0) is 18.9. The first kappa shape index (κ1) is 19.9. The van der Waals surface area contributed by atoms with Crippen LogP contribution in [-0.2, 0) is 6.54 Å². The monoisotopic (exact) mass is 377 g/mol. The van der Waals surface area contributed by atoms with E-state index in [9.17, 15) is 0 Å². The summed E-state index contributed by atoms with van der Waals surface area (Å²) in [7, 11) is 6.64. The van der Waals surface area contributed by atoms with Gasteiger partial charge in [0.15, 0.2) is 5.96 Å². The maximum absolute atomic E-state index is 5.48. The normalized spacial score (nSPS) is 12.4. The number of rotatable bonds is 8. The molecule has 142 valence electrons. The maximum atomic E-state index is 5.48. The molecule has 0 saturated carbocycles. The van der Waals surface area contributed by atoms with Crippen LogP contribution in [0.2, 0.25) is 0 Å². The van der Waals surface area contributed by atoms with Crippen LogP contribution in [0.5, 0.6) is 17.2 Å². The second kappa shape index (κ2) is 9.91. The minimum absolute atomic E-state index is 0.415. The summed E-state index contributed by atoms with van der Waals surface area (Å²) in [4.78, 5) is 5.65. The third-order valence-corrected chi connectivity index (χ3v) is 5.18. The lowest BCUT2D eigenvalue weighted by molar-refractivity contribution is 0.368. The molecule has 0 saturated heterocycles. The number of hydrogen-bond acceptors (Lipinski definition) is 5. The molecule has 1 unspecified atom stereocenters. The molecular formula is C19H27N3O3S. The Balaban J connectivity index is 2.01. The Hall–Kier alpha value is -2.41. The van der Waals surface area contributed by atoms with Gasteiger partial charge in [-0.05, 0) is 11.4 Å². The molecule has 2 aromatic rings. The Morgan fingerprint density at radius 3 is 2.31 bits per heavy atom. The average Bonchev–Trinajstić information content (AvgIpc) is 3.22. The highest BCUT2D eigenvalue weighted by Gasteiger charge is 2.14. The van der Waals surface area contributed by atoms with Crippen molar-refractivity contribution in [3.05, 3.63) is 40.1 Å². The van der Waals surface area contributed by atoms with Crippen LogP contribution < -0.4 is 24.8 Å². The van der Waals surface area contributed by atoms with Crippen molar-refractivity contribution in [2.45, 2.75) is 19.4 Å². The lowest BCUT2D eigenvalue weighted by Gasteiger charge is -2.18. The summed E-state index contributed by atoms with van der Waals surface area (Å²) >= 11 is 1.77. The van der Waals surface area contributed by atoms with Gasteiger partial charge in [-0.25, -0.2) is 0 Å². The lowest BCUT2D eigenvalue weighted by Crippen LogP contribution is -2.38. The van der Waals surface area contributed by atoms with E-state index in [1.807, 2.05) is 12.1 Å². The zero-order valence-corrected chi connectivity index (χ0v) is 16.8. The van der Waals surface area contributed by atoms with E-state index in [0.717, 1.165) is 18.1 Å². The molecule has 0 fully saturated rings. The highest BCUT2D eigenvalue weighted by atomic mass is 32.1. The van der Waals surface area contributed by atoms with Crippen molar-refractivity contribution < 1.29 is 14.2 Å². The van der Waals surface area contributed by atoms with Gasteiger partial charge in [0, 0.05) is 36.5 Å². The molecule has 0 aliphatic rings. The smallest absolute Gasteiger partial charge is 0.191 e. The topological polar surface area (TPSA) is 64.1 Å². The van der Waals surface area contributed by atoms with E-state index in [1.165, 1.54) is 4.88 Å². The van der Waals surface area contributed by atoms with Crippen molar-refractivity contribution in [2.75, 3.05) is 34.9 Å². The Morgan fingerprint density at radius 2 is 1.81 bits per heavy atom. The van der Waals surface area contributed by atoms with Crippen molar-refractivity contribution in [1.29, 1.82) is 0 Å². The first-order chi connectivity index (χ1) is 12.6.